The molecule has 0 unspecified atom stereocenters. The van der Waals surface area contributed by atoms with E-state index in [1.807, 2.05) is 31.2 Å². The summed E-state index contributed by atoms with van der Waals surface area (Å²) in [7, 11) is -3.33. The first-order chi connectivity index (χ1) is 14.9. The van der Waals surface area contributed by atoms with Crippen molar-refractivity contribution >= 4 is 44.0 Å². The largest absolute Gasteiger partial charge is 0.398 e. The lowest BCUT2D eigenvalue weighted by molar-refractivity contribution is 0.596. The van der Waals surface area contributed by atoms with Gasteiger partial charge in [0.15, 0.2) is 9.84 Å². The topological polar surface area (TPSA) is 102 Å². The third-order valence-corrected chi connectivity index (χ3v) is 8.43. The first kappa shape index (κ1) is 21.9. The van der Waals surface area contributed by atoms with Crippen LogP contribution in [0.25, 0.3) is 10.9 Å². The predicted molar refractivity (Wildman–Crippen MR) is 131 cm³/mol. The number of fused-ring (bicyclic) bond motifs is 2. The fourth-order valence-corrected chi connectivity index (χ4v) is 6.26. The van der Waals surface area contributed by atoms with Crippen LogP contribution < -0.4 is 16.4 Å². The van der Waals surface area contributed by atoms with Gasteiger partial charge in [-0.15, -0.1) is 0 Å². The van der Waals surface area contributed by atoms with E-state index in [0.717, 1.165) is 57.0 Å². The van der Waals surface area contributed by atoms with Crippen molar-refractivity contribution in [3.05, 3.63) is 59.2 Å². The maximum Gasteiger partial charge on any atom is 0.180 e. The molecule has 8 heteroatoms. The van der Waals surface area contributed by atoms with Crippen LogP contribution in [0.4, 0.5) is 11.5 Å². The minimum atomic E-state index is -3.33. The van der Waals surface area contributed by atoms with Crippen molar-refractivity contribution in [2.75, 3.05) is 41.0 Å². The molecule has 31 heavy (non-hydrogen) atoms. The van der Waals surface area contributed by atoms with E-state index < -0.39 is 9.84 Å². The van der Waals surface area contributed by atoms with Gasteiger partial charge in [-0.2, -0.15) is 11.8 Å². The molecule has 2 aromatic carbocycles. The van der Waals surface area contributed by atoms with Crippen LogP contribution in [0.15, 0.2) is 47.4 Å². The number of nitrogens with zero attached hydrogens (tertiary/aromatic N) is 2. The van der Waals surface area contributed by atoms with E-state index in [-0.39, 0.29) is 5.75 Å². The minimum absolute atomic E-state index is 0.0545. The zero-order valence-electron chi connectivity index (χ0n) is 17.7. The van der Waals surface area contributed by atoms with Gasteiger partial charge in [-0.1, -0.05) is 29.8 Å². The van der Waals surface area contributed by atoms with Gasteiger partial charge in [0, 0.05) is 42.0 Å². The Morgan fingerprint density at radius 2 is 1.97 bits per heavy atom. The lowest BCUT2D eigenvalue weighted by Crippen LogP contribution is -2.28. The number of benzene rings is 2. The number of pyridine rings is 1. The Morgan fingerprint density at radius 1 is 1.16 bits per heavy atom. The van der Waals surface area contributed by atoms with Crippen LogP contribution in [0.3, 0.4) is 0 Å². The molecule has 0 aliphatic carbocycles. The van der Waals surface area contributed by atoms with E-state index in [4.69, 9.17) is 16.5 Å². The predicted octanol–water partition coefficient (Wildman–Crippen LogP) is 3.15. The molecule has 1 aliphatic heterocycles. The van der Waals surface area contributed by atoms with Crippen LogP contribution in [0, 0.1) is 6.92 Å². The van der Waals surface area contributed by atoms with Crippen LogP contribution in [0.5, 0.6) is 0 Å². The Bertz CT molecular complexity index is 1210. The summed E-state index contributed by atoms with van der Waals surface area (Å²) in [6.07, 6.45) is 0.758. The highest BCUT2D eigenvalue weighted by molar-refractivity contribution is 7.99. The summed E-state index contributed by atoms with van der Waals surface area (Å²) in [5, 5.41) is 0.949. The summed E-state index contributed by atoms with van der Waals surface area (Å²) < 4.78 is 25.7. The van der Waals surface area contributed by atoms with Gasteiger partial charge in [0.25, 0.3) is 0 Å². The molecule has 4 N–H and O–H groups in total. The lowest BCUT2D eigenvalue weighted by atomic mass is 10.0. The number of nitrogen functional groups attached to an aromatic ring is 1. The summed E-state index contributed by atoms with van der Waals surface area (Å²) in [6.45, 7) is 3.55. The highest BCUT2D eigenvalue weighted by Crippen LogP contribution is 2.35. The zero-order chi connectivity index (χ0) is 22.0. The van der Waals surface area contributed by atoms with Gasteiger partial charge in [-0.3, -0.25) is 0 Å². The van der Waals surface area contributed by atoms with Crippen molar-refractivity contribution in [2.45, 2.75) is 24.8 Å². The number of aryl methyl sites for hydroxylation is 1. The molecule has 164 valence electrons. The molecule has 0 radical (unpaired) electrons. The van der Waals surface area contributed by atoms with E-state index in [0.29, 0.717) is 24.5 Å². The molecule has 0 amide bonds. The maximum absolute atomic E-state index is 12.8. The number of nitrogens with two attached hydrogens (primary N) is 2. The fraction of sp³-hybridized carbons (Fsp3) is 0.348. The first-order valence-electron chi connectivity index (χ1n) is 10.4. The van der Waals surface area contributed by atoms with Gasteiger partial charge in [0.05, 0.1) is 16.2 Å². The first-order valence-corrected chi connectivity index (χ1v) is 13.2. The summed E-state index contributed by atoms with van der Waals surface area (Å²) in [6, 6.07) is 13.3. The van der Waals surface area contributed by atoms with Crippen molar-refractivity contribution in [1.82, 2.24) is 4.98 Å². The molecule has 2 heterocycles. The number of hydrogen-bond acceptors (Lipinski definition) is 7. The molecule has 0 saturated heterocycles. The van der Waals surface area contributed by atoms with E-state index in [1.54, 1.807) is 23.9 Å². The van der Waals surface area contributed by atoms with Crippen LogP contribution in [0.1, 0.15) is 16.7 Å². The maximum atomic E-state index is 12.8. The molecular weight excluding hydrogens is 428 g/mol. The average molecular weight is 457 g/mol. The van der Waals surface area contributed by atoms with Gasteiger partial charge >= 0.3 is 0 Å². The van der Waals surface area contributed by atoms with Crippen molar-refractivity contribution in [3.63, 3.8) is 0 Å². The van der Waals surface area contributed by atoms with Crippen LogP contribution >= 0.6 is 11.8 Å². The van der Waals surface area contributed by atoms with Crippen LogP contribution in [0.2, 0.25) is 0 Å². The highest BCUT2D eigenvalue weighted by atomic mass is 32.2. The van der Waals surface area contributed by atoms with Gasteiger partial charge in [0.1, 0.15) is 5.82 Å². The zero-order valence-corrected chi connectivity index (χ0v) is 19.3. The molecular formula is C23H28N4O2S2. The van der Waals surface area contributed by atoms with E-state index >= 15 is 0 Å². The van der Waals surface area contributed by atoms with Gasteiger partial charge in [-0.25, -0.2) is 13.4 Å². The number of hydrogen-bond donors (Lipinski definition) is 2. The van der Waals surface area contributed by atoms with Gasteiger partial charge in [0.2, 0.25) is 0 Å². The summed E-state index contributed by atoms with van der Waals surface area (Å²) >= 11 is 1.79. The van der Waals surface area contributed by atoms with E-state index in [2.05, 4.69) is 11.0 Å². The molecule has 1 aliphatic rings. The third kappa shape index (κ3) is 4.51. The highest BCUT2D eigenvalue weighted by Gasteiger charge is 2.27. The van der Waals surface area contributed by atoms with Gasteiger partial charge in [-0.05, 0) is 42.9 Å². The molecule has 4 rings (SSSR count). The summed E-state index contributed by atoms with van der Waals surface area (Å²) in [5.74, 6) is 2.62. The van der Waals surface area contributed by atoms with Crippen LogP contribution in [-0.2, 0) is 22.8 Å². The molecule has 0 bridgehead atoms. The Hall–Kier alpha value is -2.29. The molecule has 0 saturated carbocycles. The smallest absolute Gasteiger partial charge is 0.180 e. The quantitative estimate of drug-likeness (QED) is 0.549. The number of thioether (sulfide) groups is 1. The van der Waals surface area contributed by atoms with E-state index in [9.17, 15) is 8.42 Å². The van der Waals surface area contributed by atoms with Gasteiger partial charge < -0.3 is 16.4 Å². The molecule has 6 nitrogen and oxygen atoms in total. The Kier molecular flexibility index (Phi) is 6.41. The summed E-state index contributed by atoms with van der Waals surface area (Å²) in [5.41, 5.74) is 16.8. The monoisotopic (exact) mass is 456 g/mol. The van der Waals surface area contributed by atoms with Crippen molar-refractivity contribution in [1.29, 1.82) is 0 Å². The van der Waals surface area contributed by atoms with Crippen molar-refractivity contribution in [3.8, 4) is 0 Å². The standard InChI is InChI=1S/C23H28N4O2S2/c1-16-6-7-20-19(14-16)22(25)18(8-11-30-12-9-24)23(26-20)27-10-13-31(28,29)21-5-3-2-4-17(21)15-27/h2-7,14H,8-13,15,24H2,1H3,(H2,25,26). The lowest BCUT2D eigenvalue weighted by Gasteiger charge is -2.26. The fourth-order valence-electron chi connectivity index (χ4n) is 4.04. The Balaban J connectivity index is 1.81. The van der Waals surface area contributed by atoms with Crippen molar-refractivity contribution in [2.24, 2.45) is 5.73 Å². The Morgan fingerprint density at radius 3 is 2.77 bits per heavy atom. The normalized spacial score (nSPS) is 15.6. The second-order valence-corrected chi connectivity index (χ2v) is 11.1. The molecule has 0 atom stereocenters. The number of anilines is 2. The van der Waals surface area contributed by atoms with Crippen LogP contribution in [-0.4, -0.2) is 43.7 Å². The second-order valence-electron chi connectivity index (χ2n) is 7.85. The second kappa shape index (κ2) is 9.06. The number of sulfone groups is 1. The molecule has 1 aromatic heterocycles. The minimum Gasteiger partial charge on any atom is -0.398 e. The third-order valence-electron chi connectivity index (χ3n) is 5.62. The Labute approximate surface area is 187 Å². The number of aromatic nitrogens is 1. The SMILES string of the molecule is Cc1ccc2nc(N3CCS(=O)(=O)c4ccccc4C3)c(CCSCCN)c(N)c2c1. The molecule has 3 aromatic rings. The van der Waals surface area contributed by atoms with Crippen molar-refractivity contribution < 1.29 is 8.42 Å². The number of rotatable bonds is 6. The van der Waals surface area contributed by atoms with E-state index in [1.165, 1.54) is 0 Å². The molecule has 0 spiro atoms. The average Bonchev–Trinajstić information content (AvgIpc) is 2.89. The summed E-state index contributed by atoms with van der Waals surface area (Å²) in [4.78, 5) is 7.47. The molecule has 0 fully saturated rings.